The highest BCUT2D eigenvalue weighted by Crippen LogP contribution is 2.34. The second-order valence-corrected chi connectivity index (χ2v) is 3.31. The summed E-state index contributed by atoms with van der Waals surface area (Å²) in [6.07, 6.45) is -5.54. The molecule has 88 valence electrons. The van der Waals surface area contributed by atoms with Crippen LogP contribution in [0, 0.1) is 5.82 Å². The van der Waals surface area contributed by atoms with Gasteiger partial charge in [0.25, 0.3) is 0 Å². The normalized spacial score (nSPS) is 18.0. The SMILES string of the molecule is Fc1ccc(C2OCCO2)cc1C(F)(F)F. The van der Waals surface area contributed by atoms with Crippen LogP contribution < -0.4 is 0 Å². The van der Waals surface area contributed by atoms with E-state index in [-0.39, 0.29) is 5.56 Å². The maximum absolute atomic E-state index is 13.0. The third kappa shape index (κ3) is 2.17. The molecule has 16 heavy (non-hydrogen) atoms. The Hall–Kier alpha value is -1.14. The molecule has 1 aliphatic heterocycles. The molecule has 1 aromatic rings. The van der Waals surface area contributed by atoms with Crippen LogP contribution in [-0.2, 0) is 15.7 Å². The monoisotopic (exact) mass is 236 g/mol. The van der Waals surface area contributed by atoms with Crippen LogP contribution >= 0.6 is 0 Å². The predicted molar refractivity (Wildman–Crippen MR) is 46.0 cm³/mol. The van der Waals surface area contributed by atoms with Crippen LogP contribution in [0.2, 0.25) is 0 Å². The topological polar surface area (TPSA) is 18.5 Å². The molecule has 0 aliphatic carbocycles. The Morgan fingerprint density at radius 1 is 1.12 bits per heavy atom. The van der Waals surface area contributed by atoms with Crippen molar-refractivity contribution in [3.05, 3.63) is 35.1 Å². The van der Waals surface area contributed by atoms with Crippen molar-refractivity contribution in [3.8, 4) is 0 Å². The first-order valence-corrected chi connectivity index (χ1v) is 4.58. The number of halogens is 4. The van der Waals surface area contributed by atoms with Gasteiger partial charge in [0, 0.05) is 5.56 Å². The highest BCUT2D eigenvalue weighted by Gasteiger charge is 2.35. The van der Waals surface area contributed by atoms with E-state index in [1.54, 1.807) is 0 Å². The third-order valence-electron chi connectivity index (χ3n) is 2.19. The largest absolute Gasteiger partial charge is 0.419 e. The Morgan fingerprint density at radius 2 is 1.75 bits per heavy atom. The molecule has 0 bridgehead atoms. The molecule has 1 aliphatic rings. The molecule has 0 saturated carbocycles. The van der Waals surface area contributed by atoms with E-state index in [1.807, 2.05) is 0 Å². The van der Waals surface area contributed by atoms with Gasteiger partial charge in [-0.3, -0.25) is 0 Å². The van der Waals surface area contributed by atoms with Gasteiger partial charge in [0.2, 0.25) is 0 Å². The molecule has 0 aromatic heterocycles. The summed E-state index contributed by atoms with van der Waals surface area (Å²) in [7, 11) is 0. The second-order valence-electron chi connectivity index (χ2n) is 3.31. The summed E-state index contributed by atoms with van der Waals surface area (Å²) in [5.74, 6) is -1.30. The van der Waals surface area contributed by atoms with E-state index in [0.717, 1.165) is 6.07 Å². The van der Waals surface area contributed by atoms with Crippen LogP contribution in [0.5, 0.6) is 0 Å². The number of ether oxygens (including phenoxy) is 2. The molecule has 1 aromatic carbocycles. The molecule has 0 spiro atoms. The van der Waals surface area contributed by atoms with Crippen molar-refractivity contribution in [2.75, 3.05) is 13.2 Å². The van der Waals surface area contributed by atoms with E-state index in [2.05, 4.69) is 0 Å². The minimum Gasteiger partial charge on any atom is -0.346 e. The summed E-state index contributed by atoms with van der Waals surface area (Å²) >= 11 is 0. The molecule has 0 amide bonds. The maximum Gasteiger partial charge on any atom is 0.419 e. The zero-order valence-electron chi connectivity index (χ0n) is 8.05. The van der Waals surface area contributed by atoms with Gasteiger partial charge in [0.1, 0.15) is 5.82 Å². The van der Waals surface area contributed by atoms with E-state index in [9.17, 15) is 17.6 Å². The lowest BCUT2D eigenvalue weighted by Crippen LogP contribution is -2.10. The molecule has 2 rings (SSSR count). The van der Waals surface area contributed by atoms with Gasteiger partial charge < -0.3 is 9.47 Å². The van der Waals surface area contributed by atoms with E-state index >= 15 is 0 Å². The molecule has 1 heterocycles. The highest BCUT2D eigenvalue weighted by atomic mass is 19.4. The molecule has 0 atom stereocenters. The molecule has 1 saturated heterocycles. The number of alkyl halides is 3. The van der Waals surface area contributed by atoms with Crippen LogP contribution in [0.25, 0.3) is 0 Å². The molecule has 2 nitrogen and oxygen atoms in total. The van der Waals surface area contributed by atoms with Gasteiger partial charge in [0.05, 0.1) is 18.8 Å². The molecular weight excluding hydrogens is 228 g/mol. The van der Waals surface area contributed by atoms with Gasteiger partial charge in [-0.15, -0.1) is 0 Å². The Morgan fingerprint density at radius 3 is 2.31 bits per heavy atom. The zero-order chi connectivity index (χ0) is 11.8. The quantitative estimate of drug-likeness (QED) is 0.698. The fourth-order valence-electron chi connectivity index (χ4n) is 1.46. The maximum atomic E-state index is 13.0. The predicted octanol–water partition coefficient (Wildman–Crippen LogP) is 2.89. The first kappa shape index (κ1) is 11.3. The first-order chi connectivity index (χ1) is 7.48. The first-order valence-electron chi connectivity index (χ1n) is 4.58. The zero-order valence-corrected chi connectivity index (χ0v) is 8.05. The van der Waals surface area contributed by atoms with Crippen molar-refractivity contribution in [3.63, 3.8) is 0 Å². The van der Waals surface area contributed by atoms with Crippen molar-refractivity contribution in [2.24, 2.45) is 0 Å². The van der Waals surface area contributed by atoms with Gasteiger partial charge in [-0.05, 0) is 12.1 Å². The summed E-state index contributed by atoms with van der Waals surface area (Å²) < 4.78 is 60.2. The van der Waals surface area contributed by atoms with Gasteiger partial charge in [0.15, 0.2) is 6.29 Å². The summed E-state index contributed by atoms with van der Waals surface area (Å²) in [5, 5.41) is 0. The van der Waals surface area contributed by atoms with Crippen molar-refractivity contribution >= 4 is 0 Å². The Balaban J connectivity index is 2.35. The van der Waals surface area contributed by atoms with E-state index in [4.69, 9.17) is 9.47 Å². The molecular formula is C10H8F4O2. The van der Waals surface area contributed by atoms with Gasteiger partial charge in [-0.1, -0.05) is 6.07 Å². The molecule has 0 unspecified atom stereocenters. The van der Waals surface area contributed by atoms with Gasteiger partial charge in [-0.2, -0.15) is 13.2 Å². The average Bonchev–Trinajstić information content (AvgIpc) is 2.69. The third-order valence-corrected chi connectivity index (χ3v) is 2.19. The Bertz CT molecular complexity index is 383. The molecule has 6 heteroatoms. The summed E-state index contributed by atoms with van der Waals surface area (Å²) in [6, 6.07) is 2.70. The van der Waals surface area contributed by atoms with Crippen LogP contribution in [-0.4, -0.2) is 13.2 Å². The van der Waals surface area contributed by atoms with Crippen LogP contribution in [0.15, 0.2) is 18.2 Å². The fraction of sp³-hybridized carbons (Fsp3) is 0.400. The average molecular weight is 236 g/mol. The van der Waals surface area contributed by atoms with Gasteiger partial charge in [-0.25, -0.2) is 4.39 Å². The number of hydrogen-bond acceptors (Lipinski definition) is 2. The number of hydrogen-bond donors (Lipinski definition) is 0. The summed E-state index contributed by atoms with van der Waals surface area (Å²) in [6.45, 7) is 0.646. The minimum atomic E-state index is -4.71. The minimum absolute atomic E-state index is 0.172. The van der Waals surface area contributed by atoms with Crippen LogP contribution in [0.3, 0.4) is 0 Å². The molecule has 0 radical (unpaired) electrons. The lowest BCUT2D eigenvalue weighted by atomic mass is 10.1. The lowest BCUT2D eigenvalue weighted by Gasteiger charge is -2.13. The van der Waals surface area contributed by atoms with Crippen molar-refractivity contribution in [1.82, 2.24) is 0 Å². The molecule has 1 fully saturated rings. The second kappa shape index (κ2) is 4.03. The standard InChI is InChI=1S/C10H8F4O2/c11-8-2-1-6(9-15-3-4-16-9)5-7(8)10(12,13)14/h1-2,5,9H,3-4H2. The summed E-state index contributed by atoms with van der Waals surface area (Å²) in [5.41, 5.74) is -1.13. The lowest BCUT2D eigenvalue weighted by molar-refractivity contribution is -0.140. The van der Waals surface area contributed by atoms with Crippen molar-refractivity contribution in [2.45, 2.75) is 12.5 Å². The van der Waals surface area contributed by atoms with E-state index in [1.165, 1.54) is 6.07 Å². The van der Waals surface area contributed by atoms with Crippen LogP contribution in [0.4, 0.5) is 17.6 Å². The van der Waals surface area contributed by atoms with E-state index < -0.39 is 23.8 Å². The summed E-state index contributed by atoms with van der Waals surface area (Å²) in [4.78, 5) is 0. The Kier molecular flexibility index (Phi) is 2.86. The van der Waals surface area contributed by atoms with Crippen LogP contribution in [0.1, 0.15) is 17.4 Å². The highest BCUT2D eigenvalue weighted by molar-refractivity contribution is 5.28. The van der Waals surface area contributed by atoms with Gasteiger partial charge >= 0.3 is 6.18 Å². The van der Waals surface area contributed by atoms with E-state index in [0.29, 0.717) is 19.3 Å². The number of benzene rings is 1. The fourth-order valence-corrected chi connectivity index (χ4v) is 1.46. The van der Waals surface area contributed by atoms with Crippen molar-refractivity contribution in [1.29, 1.82) is 0 Å². The Labute approximate surface area is 88.8 Å². The van der Waals surface area contributed by atoms with Crippen molar-refractivity contribution < 1.29 is 27.0 Å². The number of rotatable bonds is 1. The molecule has 0 N–H and O–H groups in total. The smallest absolute Gasteiger partial charge is 0.346 e.